The molecule has 2 heterocycles. The monoisotopic (exact) mass is 239 g/mol. The molecule has 4 nitrogen and oxygen atoms in total. The number of carbonyl (C=O) groups is 1. The van der Waals surface area contributed by atoms with Gasteiger partial charge < -0.3 is 10.6 Å². The van der Waals surface area contributed by atoms with E-state index in [2.05, 4.69) is 22.5 Å². The third-order valence-corrected chi connectivity index (χ3v) is 3.90. The highest BCUT2D eigenvalue weighted by molar-refractivity contribution is 5.78. The molecule has 0 aromatic heterocycles. The van der Waals surface area contributed by atoms with Crippen molar-refractivity contribution in [1.29, 1.82) is 0 Å². The third kappa shape index (κ3) is 3.42. The van der Waals surface area contributed by atoms with E-state index < -0.39 is 0 Å². The minimum atomic E-state index is 0.191. The molecule has 2 fully saturated rings. The molecule has 0 saturated carbocycles. The van der Waals surface area contributed by atoms with Crippen LogP contribution in [0.1, 0.15) is 39.0 Å². The maximum Gasteiger partial charge on any atom is 0.234 e. The molecule has 0 radical (unpaired) electrons. The lowest BCUT2D eigenvalue weighted by atomic mass is 10.0. The van der Waals surface area contributed by atoms with Crippen molar-refractivity contribution in [3.8, 4) is 0 Å². The number of nitrogens with one attached hydrogen (secondary N) is 2. The predicted molar refractivity (Wildman–Crippen MR) is 68.9 cm³/mol. The quantitative estimate of drug-likeness (QED) is 0.743. The Labute approximate surface area is 104 Å². The number of likely N-dealkylation sites (tertiary alicyclic amines) is 1. The zero-order valence-electron chi connectivity index (χ0n) is 10.9. The molecule has 0 spiro atoms. The van der Waals surface area contributed by atoms with Gasteiger partial charge in [-0.05, 0) is 45.2 Å². The molecular weight excluding hydrogens is 214 g/mol. The molecule has 4 heteroatoms. The van der Waals surface area contributed by atoms with Gasteiger partial charge in [-0.2, -0.15) is 0 Å². The van der Waals surface area contributed by atoms with Gasteiger partial charge in [0.1, 0.15) is 0 Å². The summed E-state index contributed by atoms with van der Waals surface area (Å²) in [5, 5.41) is 6.54. The van der Waals surface area contributed by atoms with Gasteiger partial charge in [0.25, 0.3) is 0 Å². The van der Waals surface area contributed by atoms with Crippen LogP contribution in [0, 0.1) is 0 Å². The van der Waals surface area contributed by atoms with Gasteiger partial charge in [-0.15, -0.1) is 0 Å². The summed E-state index contributed by atoms with van der Waals surface area (Å²) in [6.45, 7) is 5.71. The van der Waals surface area contributed by atoms with E-state index in [-0.39, 0.29) is 5.91 Å². The lowest BCUT2D eigenvalue weighted by Crippen LogP contribution is -2.47. The van der Waals surface area contributed by atoms with Crippen LogP contribution in [0.3, 0.4) is 0 Å². The average Bonchev–Trinajstić information content (AvgIpc) is 2.95. The highest BCUT2D eigenvalue weighted by Gasteiger charge is 2.33. The SMILES string of the molecule is CCCNC(=O)CN1CCCC1C1CCCN1. The van der Waals surface area contributed by atoms with Crippen LogP contribution in [-0.4, -0.2) is 49.1 Å². The van der Waals surface area contributed by atoms with E-state index in [4.69, 9.17) is 0 Å². The van der Waals surface area contributed by atoms with E-state index in [9.17, 15) is 4.79 Å². The minimum Gasteiger partial charge on any atom is -0.355 e. The maximum atomic E-state index is 11.7. The minimum absolute atomic E-state index is 0.191. The van der Waals surface area contributed by atoms with Crippen LogP contribution in [0.4, 0.5) is 0 Å². The van der Waals surface area contributed by atoms with Crippen LogP contribution in [0.5, 0.6) is 0 Å². The standard InChI is InChI=1S/C13H25N3O/c1-2-7-15-13(17)10-16-9-4-6-12(16)11-5-3-8-14-11/h11-12,14H,2-10H2,1H3,(H,15,17). The van der Waals surface area contributed by atoms with E-state index in [0.717, 1.165) is 26.1 Å². The molecule has 2 rings (SSSR count). The third-order valence-electron chi connectivity index (χ3n) is 3.90. The first-order valence-corrected chi connectivity index (χ1v) is 7.05. The molecule has 2 atom stereocenters. The first-order chi connectivity index (χ1) is 8.31. The normalized spacial score (nSPS) is 29.7. The van der Waals surface area contributed by atoms with Crippen LogP contribution in [-0.2, 0) is 4.79 Å². The summed E-state index contributed by atoms with van der Waals surface area (Å²) < 4.78 is 0. The zero-order chi connectivity index (χ0) is 12.1. The van der Waals surface area contributed by atoms with Crippen molar-refractivity contribution in [2.24, 2.45) is 0 Å². The van der Waals surface area contributed by atoms with Gasteiger partial charge >= 0.3 is 0 Å². The largest absolute Gasteiger partial charge is 0.355 e. The number of amides is 1. The lowest BCUT2D eigenvalue weighted by molar-refractivity contribution is -0.122. The Bertz CT molecular complexity index is 251. The zero-order valence-corrected chi connectivity index (χ0v) is 10.9. The van der Waals surface area contributed by atoms with Crippen molar-refractivity contribution in [1.82, 2.24) is 15.5 Å². The smallest absolute Gasteiger partial charge is 0.234 e. The van der Waals surface area contributed by atoms with Crippen molar-refractivity contribution in [3.05, 3.63) is 0 Å². The average molecular weight is 239 g/mol. The first kappa shape index (κ1) is 12.8. The van der Waals surface area contributed by atoms with Crippen molar-refractivity contribution in [2.75, 3.05) is 26.2 Å². The Hall–Kier alpha value is -0.610. The molecule has 1 amide bonds. The number of rotatable bonds is 5. The summed E-state index contributed by atoms with van der Waals surface area (Å²) in [5.74, 6) is 0.191. The lowest BCUT2D eigenvalue weighted by Gasteiger charge is -2.28. The molecule has 2 N–H and O–H groups in total. The summed E-state index contributed by atoms with van der Waals surface area (Å²) in [7, 11) is 0. The second-order valence-corrected chi connectivity index (χ2v) is 5.23. The second-order valence-electron chi connectivity index (χ2n) is 5.23. The van der Waals surface area contributed by atoms with Gasteiger partial charge in [-0.25, -0.2) is 0 Å². The maximum absolute atomic E-state index is 11.7. The second kappa shape index (κ2) is 6.36. The van der Waals surface area contributed by atoms with Crippen LogP contribution >= 0.6 is 0 Å². The molecule has 17 heavy (non-hydrogen) atoms. The fourth-order valence-corrected chi connectivity index (χ4v) is 3.05. The fourth-order valence-electron chi connectivity index (χ4n) is 3.05. The number of nitrogens with zero attached hydrogens (tertiary/aromatic N) is 1. The summed E-state index contributed by atoms with van der Waals surface area (Å²) in [4.78, 5) is 14.1. The van der Waals surface area contributed by atoms with Gasteiger partial charge in [0.05, 0.1) is 6.54 Å². The molecule has 0 aliphatic carbocycles. The van der Waals surface area contributed by atoms with Crippen LogP contribution in [0.15, 0.2) is 0 Å². The fraction of sp³-hybridized carbons (Fsp3) is 0.923. The summed E-state index contributed by atoms with van der Waals surface area (Å²) in [5.41, 5.74) is 0. The Morgan fingerprint density at radius 2 is 2.29 bits per heavy atom. The molecule has 2 aliphatic rings. The molecule has 0 aromatic carbocycles. The van der Waals surface area contributed by atoms with Crippen LogP contribution in [0.25, 0.3) is 0 Å². The highest BCUT2D eigenvalue weighted by atomic mass is 16.2. The Morgan fingerprint density at radius 1 is 1.41 bits per heavy atom. The Morgan fingerprint density at radius 3 is 3.00 bits per heavy atom. The van der Waals surface area contributed by atoms with E-state index in [1.165, 1.54) is 25.7 Å². The molecule has 0 aromatic rings. The van der Waals surface area contributed by atoms with E-state index >= 15 is 0 Å². The van der Waals surface area contributed by atoms with Gasteiger partial charge in [0.2, 0.25) is 5.91 Å². The number of hydrogen-bond donors (Lipinski definition) is 2. The van der Waals surface area contributed by atoms with Crippen molar-refractivity contribution in [3.63, 3.8) is 0 Å². The van der Waals surface area contributed by atoms with Crippen LogP contribution < -0.4 is 10.6 Å². The number of carbonyl (C=O) groups excluding carboxylic acids is 1. The van der Waals surface area contributed by atoms with E-state index in [0.29, 0.717) is 18.6 Å². The van der Waals surface area contributed by atoms with Gasteiger partial charge in [0, 0.05) is 18.6 Å². The summed E-state index contributed by atoms with van der Waals surface area (Å²) >= 11 is 0. The summed E-state index contributed by atoms with van der Waals surface area (Å²) in [6, 6.07) is 1.21. The van der Waals surface area contributed by atoms with Gasteiger partial charge in [0.15, 0.2) is 0 Å². The number of hydrogen-bond acceptors (Lipinski definition) is 3. The predicted octanol–water partition coefficient (Wildman–Crippen LogP) is 0.729. The molecule has 2 aliphatic heterocycles. The van der Waals surface area contributed by atoms with Crippen molar-refractivity contribution in [2.45, 2.75) is 51.1 Å². The van der Waals surface area contributed by atoms with Gasteiger partial charge in [-0.3, -0.25) is 9.69 Å². The molecule has 2 saturated heterocycles. The highest BCUT2D eigenvalue weighted by Crippen LogP contribution is 2.24. The Balaban J connectivity index is 1.80. The first-order valence-electron chi connectivity index (χ1n) is 7.05. The van der Waals surface area contributed by atoms with E-state index in [1.807, 2.05) is 0 Å². The van der Waals surface area contributed by atoms with Crippen molar-refractivity contribution < 1.29 is 4.79 Å². The van der Waals surface area contributed by atoms with Gasteiger partial charge in [-0.1, -0.05) is 6.92 Å². The van der Waals surface area contributed by atoms with E-state index in [1.54, 1.807) is 0 Å². The summed E-state index contributed by atoms with van der Waals surface area (Å²) in [6.07, 6.45) is 6.07. The Kier molecular flexibility index (Phi) is 4.80. The molecule has 0 bridgehead atoms. The molecule has 2 unspecified atom stereocenters. The topological polar surface area (TPSA) is 44.4 Å². The van der Waals surface area contributed by atoms with Crippen molar-refractivity contribution >= 4 is 5.91 Å². The molecule has 98 valence electrons. The van der Waals surface area contributed by atoms with Crippen LogP contribution in [0.2, 0.25) is 0 Å². The molecular formula is C13H25N3O.